The summed E-state index contributed by atoms with van der Waals surface area (Å²) in [6.07, 6.45) is 6.78. The van der Waals surface area contributed by atoms with E-state index in [0.717, 1.165) is 38.5 Å². The first kappa shape index (κ1) is 14.5. The summed E-state index contributed by atoms with van der Waals surface area (Å²) in [6, 6.07) is 0. The Bertz CT molecular complexity index is 429. The lowest BCUT2D eigenvalue weighted by Crippen LogP contribution is -2.37. The molecule has 5 heteroatoms. The van der Waals surface area contributed by atoms with Crippen LogP contribution in [0.1, 0.15) is 51.4 Å². The van der Waals surface area contributed by atoms with E-state index in [2.05, 4.69) is 0 Å². The lowest BCUT2D eigenvalue weighted by molar-refractivity contribution is -0.145. The Morgan fingerprint density at radius 1 is 0.952 bits per heavy atom. The maximum absolute atomic E-state index is 12.4. The van der Waals surface area contributed by atoms with Gasteiger partial charge in [0.2, 0.25) is 11.8 Å². The number of carbonyl (C=O) groups is 3. The fourth-order valence-corrected chi connectivity index (χ4v) is 4.26. The zero-order valence-corrected chi connectivity index (χ0v) is 12.3. The molecule has 0 radical (unpaired) electrons. The summed E-state index contributed by atoms with van der Waals surface area (Å²) < 4.78 is 0. The van der Waals surface area contributed by atoms with Crippen molar-refractivity contribution in [2.24, 2.45) is 23.7 Å². The van der Waals surface area contributed by atoms with E-state index in [1.54, 1.807) is 0 Å². The number of fused-ring (bicyclic) bond motifs is 1. The molecular formula is C16H23NO4. The summed E-state index contributed by atoms with van der Waals surface area (Å²) in [5.74, 6) is -0.742. The Hall–Kier alpha value is -1.39. The van der Waals surface area contributed by atoms with E-state index in [0.29, 0.717) is 19.4 Å². The number of carbonyl (C=O) groups excluding carboxylic acids is 2. The number of carboxylic acid groups (broad SMARTS) is 1. The van der Waals surface area contributed by atoms with Crippen molar-refractivity contribution in [3.63, 3.8) is 0 Å². The van der Waals surface area contributed by atoms with Crippen molar-refractivity contribution in [2.75, 3.05) is 6.54 Å². The number of hydrogen-bond acceptors (Lipinski definition) is 3. The van der Waals surface area contributed by atoms with Crippen molar-refractivity contribution in [2.45, 2.75) is 51.4 Å². The monoisotopic (exact) mass is 293 g/mol. The molecule has 1 saturated heterocycles. The largest absolute Gasteiger partial charge is 0.481 e. The van der Waals surface area contributed by atoms with Gasteiger partial charge in [0, 0.05) is 6.54 Å². The minimum atomic E-state index is -0.715. The molecule has 2 unspecified atom stereocenters. The number of amides is 2. The van der Waals surface area contributed by atoms with Gasteiger partial charge in [0.05, 0.1) is 17.8 Å². The van der Waals surface area contributed by atoms with Gasteiger partial charge < -0.3 is 5.11 Å². The quantitative estimate of drug-likeness (QED) is 0.808. The second-order valence-electron chi connectivity index (χ2n) is 6.84. The van der Waals surface area contributed by atoms with Crippen LogP contribution >= 0.6 is 0 Å². The Kier molecular flexibility index (Phi) is 4.00. The van der Waals surface area contributed by atoms with Crippen LogP contribution in [-0.4, -0.2) is 34.3 Å². The highest BCUT2D eigenvalue weighted by Gasteiger charge is 2.48. The average molecular weight is 293 g/mol. The van der Waals surface area contributed by atoms with Crippen molar-refractivity contribution >= 4 is 17.8 Å². The van der Waals surface area contributed by atoms with E-state index >= 15 is 0 Å². The standard InChI is InChI=1S/C16H23NO4/c18-14-12-3-1-2-4-13(12)15(19)17(14)9-10-5-7-11(8-6-10)16(20)21/h10-13H,1-9H2,(H,20,21). The highest BCUT2D eigenvalue weighted by Crippen LogP contribution is 2.39. The fraction of sp³-hybridized carbons (Fsp3) is 0.812. The van der Waals surface area contributed by atoms with Crippen LogP contribution in [0.25, 0.3) is 0 Å². The van der Waals surface area contributed by atoms with Gasteiger partial charge in [0.1, 0.15) is 0 Å². The molecule has 0 bridgehead atoms. The van der Waals surface area contributed by atoms with Crippen LogP contribution in [0, 0.1) is 23.7 Å². The molecule has 2 atom stereocenters. The molecule has 1 heterocycles. The molecule has 21 heavy (non-hydrogen) atoms. The fourth-order valence-electron chi connectivity index (χ4n) is 4.26. The normalized spacial score (nSPS) is 36.7. The van der Waals surface area contributed by atoms with Crippen LogP contribution in [0.3, 0.4) is 0 Å². The Morgan fingerprint density at radius 2 is 1.48 bits per heavy atom. The second-order valence-corrected chi connectivity index (χ2v) is 6.84. The van der Waals surface area contributed by atoms with Gasteiger partial charge in [-0.15, -0.1) is 0 Å². The predicted octanol–water partition coefficient (Wildman–Crippen LogP) is 2.05. The summed E-state index contributed by atoms with van der Waals surface area (Å²) in [4.78, 5) is 37.3. The first-order valence-electron chi connectivity index (χ1n) is 8.16. The minimum Gasteiger partial charge on any atom is -0.481 e. The van der Waals surface area contributed by atoms with Crippen LogP contribution in [0.5, 0.6) is 0 Å². The van der Waals surface area contributed by atoms with Crippen LogP contribution < -0.4 is 0 Å². The number of likely N-dealkylation sites (tertiary alicyclic amines) is 1. The molecule has 2 aliphatic carbocycles. The van der Waals surface area contributed by atoms with Crippen LogP contribution in [0.15, 0.2) is 0 Å². The molecule has 3 rings (SSSR count). The Labute approximate surface area is 124 Å². The zero-order chi connectivity index (χ0) is 15.0. The maximum atomic E-state index is 12.4. The summed E-state index contributed by atoms with van der Waals surface area (Å²) in [6.45, 7) is 0.511. The SMILES string of the molecule is O=C(O)C1CCC(CN2C(=O)C3CCCCC3C2=O)CC1. The summed E-state index contributed by atoms with van der Waals surface area (Å²) >= 11 is 0. The van der Waals surface area contributed by atoms with Gasteiger partial charge in [-0.25, -0.2) is 0 Å². The summed E-state index contributed by atoms with van der Waals surface area (Å²) in [7, 11) is 0. The van der Waals surface area contributed by atoms with Gasteiger partial charge in [-0.3, -0.25) is 19.3 Å². The second kappa shape index (κ2) is 5.78. The minimum absolute atomic E-state index is 0.0325. The average Bonchev–Trinajstić information content (AvgIpc) is 2.73. The Morgan fingerprint density at radius 3 is 1.95 bits per heavy atom. The van der Waals surface area contributed by atoms with E-state index in [-0.39, 0.29) is 35.5 Å². The van der Waals surface area contributed by atoms with E-state index in [4.69, 9.17) is 5.11 Å². The van der Waals surface area contributed by atoms with Gasteiger partial charge in [0.15, 0.2) is 0 Å². The molecule has 116 valence electrons. The molecule has 2 amide bonds. The lowest BCUT2D eigenvalue weighted by atomic mass is 9.81. The first-order valence-corrected chi connectivity index (χ1v) is 8.16. The molecule has 0 spiro atoms. The number of aliphatic carboxylic acids is 1. The van der Waals surface area contributed by atoms with Crippen LogP contribution in [0.4, 0.5) is 0 Å². The van der Waals surface area contributed by atoms with E-state index < -0.39 is 5.97 Å². The van der Waals surface area contributed by atoms with E-state index in [9.17, 15) is 14.4 Å². The van der Waals surface area contributed by atoms with Crippen molar-refractivity contribution in [3.05, 3.63) is 0 Å². The van der Waals surface area contributed by atoms with Crippen LogP contribution in [0.2, 0.25) is 0 Å². The molecule has 0 aromatic heterocycles. The molecule has 3 aliphatic rings. The highest BCUT2D eigenvalue weighted by atomic mass is 16.4. The topological polar surface area (TPSA) is 74.7 Å². The third-order valence-electron chi connectivity index (χ3n) is 5.57. The van der Waals surface area contributed by atoms with Crippen LogP contribution in [-0.2, 0) is 14.4 Å². The van der Waals surface area contributed by atoms with Gasteiger partial charge in [-0.1, -0.05) is 12.8 Å². The van der Waals surface area contributed by atoms with Gasteiger partial charge in [-0.05, 0) is 44.4 Å². The van der Waals surface area contributed by atoms with Crippen molar-refractivity contribution in [1.82, 2.24) is 4.90 Å². The molecule has 2 saturated carbocycles. The number of imide groups is 1. The maximum Gasteiger partial charge on any atom is 0.306 e. The highest BCUT2D eigenvalue weighted by molar-refractivity contribution is 6.05. The van der Waals surface area contributed by atoms with Gasteiger partial charge >= 0.3 is 5.97 Å². The number of carboxylic acids is 1. The van der Waals surface area contributed by atoms with Gasteiger partial charge in [-0.2, -0.15) is 0 Å². The number of hydrogen-bond donors (Lipinski definition) is 1. The molecule has 0 aromatic rings. The van der Waals surface area contributed by atoms with Crippen molar-refractivity contribution in [3.8, 4) is 0 Å². The lowest BCUT2D eigenvalue weighted by Gasteiger charge is -2.29. The van der Waals surface area contributed by atoms with Crippen molar-refractivity contribution in [1.29, 1.82) is 0 Å². The Balaban J connectivity index is 1.59. The summed E-state index contributed by atoms with van der Waals surface area (Å²) in [5.41, 5.74) is 0. The number of rotatable bonds is 3. The van der Waals surface area contributed by atoms with E-state index in [1.165, 1.54) is 4.90 Å². The predicted molar refractivity (Wildman–Crippen MR) is 75.3 cm³/mol. The van der Waals surface area contributed by atoms with E-state index in [1.807, 2.05) is 0 Å². The molecule has 0 aromatic carbocycles. The van der Waals surface area contributed by atoms with Crippen molar-refractivity contribution < 1.29 is 19.5 Å². The molecule has 5 nitrogen and oxygen atoms in total. The molecule has 1 aliphatic heterocycles. The first-order chi connectivity index (χ1) is 10.1. The third kappa shape index (κ3) is 2.70. The number of nitrogens with zero attached hydrogens (tertiary/aromatic N) is 1. The molecular weight excluding hydrogens is 270 g/mol. The summed E-state index contributed by atoms with van der Waals surface area (Å²) in [5, 5.41) is 9.01. The third-order valence-corrected chi connectivity index (χ3v) is 5.57. The van der Waals surface area contributed by atoms with Gasteiger partial charge in [0.25, 0.3) is 0 Å². The molecule has 3 fully saturated rings. The zero-order valence-electron chi connectivity index (χ0n) is 12.3. The molecule has 1 N–H and O–H groups in total. The smallest absolute Gasteiger partial charge is 0.306 e.